The van der Waals surface area contributed by atoms with Crippen molar-refractivity contribution in [1.82, 2.24) is 5.32 Å². The molecule has 0 heterocycles. The summed E-state index contributed by atoms with van der Waals surface area (Å²) in [4.78, 5) is 22.7. The van der Waals surface area contributed by atoms with E-state index in [1.807, 2.05) is 6.26 Å². The maximum Gasteiger partial charge on any atom is 0.326 e. The Balaban J connectivity index is 2.65. The Morgan fingerprint density at radius 1 is 1.50 bits per heavy atom. The number of rotatable bonds is 6. The molecule has 110 valence electrons. The van der Waals surface area contributed by atoms with Gasteiger partial charge in [0.15, 0.2) is 0 Å². The Hall–Kier alpha value is -1.47. The molecule has 0 aliphatic carbocycles. The average Bonchev–Trinajstić information content (AvgIpc) is 2.38. The number of nitrogens with one attached hydrogen (secondary N) is 2. The fourth-order valence-electron chi connectivity index (χ4n) is 1.40. The number of aliphatic carboxylic acids is 1. The molecule has 3 N–H and O–H groups in total. The quantitative estimate of drug-likeness (QED) is 0.753. The summed E-state index contributed by atoms with van der Waals surface area (Å²) in [5.74, 6) is -1.08. The standard InChI is InChI=1S/C12H14ClFN2O3S/c1-20-5-4-9(11(17)18)15-12(19)16-10-6-7(14)2-3-8(10)13/h2-3,6,9H,4-5H2,1H3,(H,17,18)(H2,15,16,19). The number of carbonyl (C=O) groups excluding carboxylic acids is 1. The molecule has 0 saturated heterocycles. The van der Waals surface area contributed by atoms with Gasteiger partial charge < -0.3 is 15.7 Å². The van der Waals surface area contributed by atoms with Crippen molar-refractivity contribution in [3.05, 3.63) is 29.0 Å². The summed E-state index contributed by atoms with van der Waals surface area (Å²) in [6.07, 6.45) is 2.13. The van der Waals surface area contributed by atoms with Gasteiger partial charge in [0.2, 0.25) is 0 Å². The van der Waals surface area contributed by atoms with Crippen LogP contribution in [0.25, 0.3) is 0 Å². The lowest BCUT2D eigenvalue weighted by molar-refractivity contribution is -0.139. The molecule has 0 radical (unpaired) electrons. The molecule has 1 rings (SSSR count). The van der Waals surface area contributed by atoms with Gasteiger partial charge in [-0.05, 0) is 36.6 Å². The van der Waals surface area contributed by atoms with E-state index in [1.165, 1.54) is 17.8 Å². The number of anilines is 1. The Morgan fingerprint density at radius 2 is 2.20 bits per heavy atom. The van der Waals surface area contributed by atoms with Gasteiger partial charge in [0, 0.05) is 0 Å². The Kier molecular flexibility index (Phi) is 6.60. The van der Waals surface area contributed by atoms with Crippen molar-refractivity contribution in [2.45, 2.75) is 12.5 Å². The van der Waals surface area contributed by atoms with Crippen LogP contribution in [-0.2, 0) is 4.79 Å². The van der Waals surface area contributed by atoms with Crippen molar-refractivity contribution >= 4 is 41.1 Å². The third-order valence-corrected chi connectivity index (χ3v) is 3.36. The molecular formula is C12H14ClFN2O3S. The van der Waals surface area contributed by atoms with Crippen molar-refractivity contribution in [3.8, 4) is 0 Å². The number of hydrogen-bond donors (Lipinski definition) is 3. The minimum Gasteiger partial charge on any atom is -0.480 e. The van der Waals surface area contributed by atoms with Gasteiger partial charge in [-0.3, -0.25) is 0 Å². The van der Waals surface area contributed by atoms with Crippen molar-refractivity contribution in [1.29, 1.82) is 0 Å². The number of carbonyl (C=O) groups is 2. The number of carboxylic acid groups (broad SMARTS) is 1. The van der Waals surface area contributed by atoms with E-state index in [9.17, 15) is 14.0 Å². The fourth-order valence-corrected chi connectivity index (χ4v) is 2.04. The van der Waals surface area contributed by atoms with Crippen LogP contribution < -0.4 is 10.6 Å². The van der Waals surface area contributed by atoms with E-state index < -0.39 is 23.9 Å². The van der Waals surface area contributed by atoms with Crippen LogP contribution in [0.4, 0.5) is 14.9 Å². The van der Waals surface area contributed by atoms with Crippen LogP contribution in [0, 0.1) is 5.82 Å². The highest BCUT2D eigenvalue weighted by atomic mass is 35.5. The van der Waals surface area contributed by atoms with Gasteiger partial charge in [-0.25, -0.2) is 14.0 Å². The molecule has 0 fully saturated rings. The van der Waals surface area contributed by atoms with Crippen molar-refractivity contribution in [2.24, 2.45) is 0 Å². The van der Waals surface area contributed by atoms with Gasteiger partial charge in [-0.2, -0.15) is 11.8 Å². The first-order valence-corrected chi connectivity index (χ1v) is 7.45. The smallest absolute Gasteiger partial charge is 0.326 e. The number of hydrogen-bond acceptors (Lipinski definition) is 3. The lowest BCUT2D eigenvalue weighted by Crippen LogP contribution is -2.43. The van der Waals surface area contributed by atoms with Crippen LogP contribution in [0.1, 0.15) is 6.42 Å². The highest BCUT2D eigenvalue weighted by Crippen LogP contribution is 2.22. The molecule has 1 aromatic carbocycles. The van der Waals surface area contributed by atoms with Gasteiger partial charge in [0.25, 0.3) is 0 Å². The van der Waals surface area contributed by atoms with Crippen molar-refractivity contribution in [2.75, 3.05) is 17.3 Å². The van der Waals surface area contributed by atoms with Gasteiger partial charge in [-0.15, -0.1) is 0 Å². The van der Waals surface area contributed by atoms with Crippen LogP contribution in [0.2, 0.25) is 5.02 Å². The zero-order valence-corrected chi connectivity index (χ0v) is 12.2. The number of benzene rings is 1. The minimum atomic E-state index is -1.13. The molecule has 0 spiro atoms. The number of amides is 2. The summed E-state index contributed by atoms with van der Waals surface area (Å²) in [5.41, 5.74) is 0.0816. The summed E-state index contributed by atoms with van der Waals surface area (Å²) in [7, 11) is 0. The largest absolute Gasteiger partial charge is 0.480 e. The van der Waals surface area contributed by atoms with E-state index in [2.05, 4.69) is 10.6 Å². The second-order valence-electron chi connectivity index (χ2n) is 3.89. The topological polar surface area (TPSA) is 78.4 Å². The molecular weight excluding hydrogens is 307 g/mol. The van der Waals surface area contributed by atoms with Gasteiger partial charge in [0.1, 0.15) is 11.9 Å². The Morgan fingerprint density at radius 3 is 2.80 bits per heavy atom. The zero-order chi connectivity index (χ0) is 15.1. The molecule has 0 bridgehead atoms. The molecule has 1 aromatic rings. The van der Waals surface area contributed by atoms with Crippen LogP contribution in [0.5, 0.6) is 0 Å². The normalized spacial score (nSPS) is 11.8. The van der Waals surface area contributed by atoms with Gasteiger partial charge in [0.05, 0.1) is 10.7 Å². The van der Waals surface area contributed by atoms with E-state index >= 15 is 0 Å². The predicted molar refractivity (Wildman–Crippen MR) is 78.0 cm³/mol. The second kappa shape index (κ2) is 7.96. The monoisotopic (exact) mass is 320 g/mol. The number of thioether (sulfide) groups is 1. The third kappa shape index (κ3) is 5.26. The Labute approximate surface area is 124 Å². The molecule has 5 nitrogen and oxygen atoms in total. The zero-order valence-electron chi connectivity index (χ0n) is 10.7. The summed E-state index contributed by atoms with van der Waals surface area (Å²) in [6.45, 7) is 0. The maximum absolute atomic E-state index is 13.0. The molecule has 0 aliphatic heterocycles. The van der Waals surface area contributed by atoms with E-state index in [-0.39, 0.29) is 10.7 Å². The van der Waals surface area contributed by atoms with Crippen LogP contribution in [-0.4, -0.2) is 35.2 Å². The lowest BCUT2D eigenvalue weighted by atomic mass is 10.2. The number of urea groups is 1. The predicted octanol–water partition coefficient (Wildman–Crippen LogP) is 2.81. The lowest BCUT2D eigenvalue weighted by Gasteiger charge is -2.15. The first kappa shape index (κ1) is 16.6. The van der Waals surface area contributed by atoms with E-state index in [4.69, 9.17) is 16.7 Å². The molecule has 0 saturated carbocycles. The maximum atomic E-state index is 13.0. The number of carboxylic acids is 1. The van der Waals surface area contributed by atoms with E-state index in [1.54, 1.807) is 0 Å². The van der Waals surface area contributed by atoms with Crippen molar-refractivity contribution in [3.63, 3.8) is 0 Å². The van der Waals surface area contributed by atoms with Crippen LogP contribution in [0.15, 0.2) is 18.2 Å². The fraction of sp³-hybridized carbons (Fsp3) is 0.333. The summed E-state index contributed by atoms with van der Waals surface area (Å²) < 4.78 is 13.0. The Bertz CT molecular complexity index is 502. The minimum absolute atomic E-state index is 0.0816. The summed E-state index contributed by atoms with van der Waals surface area (Å²) in [6, 6.07) is 1.76. The van der Waals surface area contributed by atoms with Crippen LogP contribution >= 0.6 is 23.4 Å². The first-order chi connectivity index (χ1) is 9.43. The highest BCUT2D eigenvalue weighted by Gasteiger charge is 2.19. The molecule has 8 heteroatoms. The highest BCUT2D eigenvalue weighted by molar-refractivity contribution is 7.98. The van der Waals surface area contributed by atoms with Gasteiger partial charge >= 0.3 is 12.0 Å². The van der Waals surface area contributed by atoms with Crippen LogP contribution in [0.3, 0.4) is 0 Å². The third-order valence-electron chi connectivity index (χ3n) is 2.39. The summed E-state index contributed by atoms with van der Waals surface area (Å²) >= 11 is 7.27. The van der Waals surface area contributed by atoms with E-state index in [0.29, 0.717) is 12.2 Å². The summed E-state index contributed by atoms with van der Waals surface area (Å²) in [5, 5.41) is 13.8. The molecule has 2 amide bonds. The molecule has 1 atom stereocenters. The second-order valence-corrected chi connectivity index (χ2v) is 5.29. The molecule has 0 aromatic heterocycles. The average molecular weight is 321 g/mol. The molecule has 20 heavy (non-hydrogen) atoms. The van der Waals surface area contributed by atoms with Gasteiger partial charge in [-0.1, -0.05) is 11.6 Å². The first-order valence-electron chi connectivity index (χ1n) is 5.68. The van der Waals surface area contributed by atoms with Crippen molar-refractivity contribution < 1.29 is 19.1 Å². The SMILES string of the molecule is CSCCC(NC(=O)Nc1cc(F)ccc1Cl)C(=O)O. The number of halogens is 2. The molecule has 1 unspecified atom stereocenters. The van der Waals surface area contributed by atoms with E-state index in [0.717, 1.165) is 12.1 Å². The molecule has 0 aliphatic rings.